The zero-order valence-electron chi connectivity index (χ0n) is 18.7. The summed E-state index contributed by atoms with van der Waals surface area (Å²) in [6.07, 6.45) is 8.11. The van der Waals surface area contributed by atoms with Gasteiger partial charge in [0.15, 0.2) is 5.65 Å². The highest BCUT2D eigenvalue weighted by Gasteiger charge is 2.55. The van der Waals surface area contributed by atoms with Crippen LogP contribution in [-0.4, -0.2) is 55.7 Å². The van der Waals surface area contributed by atoms with Gasteiger partial charge in [0.25, 0.3) is 0 Å². The molecule has 0 bridgehead atoms. The largest absolute Gasteiger partial charge is 0.386 e. The third-order valence-electron chi connectivity index (χ3n) is 7.42. The Morgan fingerprint density at radius 2 is 2.21 bits per heavy atom. The molecule has 2 fully saturated rings. The summed E-state index contributed by atoms with van der Waals surface area (Å²) in [4.78, 5) is 20.1. The van der Waals surface area contributed by atoms with E-state index in [2.05, 4.69) is 25.3 Å². The van der Waals surface area contributed by atoms with Crippen LogP contribution in [0.3, 0.4) is 0 Å². The summed E-state index contributed by atoms with van der Waals surface area (Å²) in [7, 11) is 1.79. The molecule has 1 saturated heterocycles. The quantitative estimate of drug-likeness (QED) is 0.380. The predicted molar refractivity (Wildman–Crippen MR) is 129 cm³/mol. The number of nitrogens with zero attached hydrogens (tertiary/aromatic N) is 6. The van der Waals surface area contributed by atoms with E-state index in [-0.39, 0.29) is 17.3 Å². The van der Waals surface area contributed by atoms with Gasteiger partial charge in [0.1, 0.15) is 23.1 Å². The smallest absolute Gasteiger partial charge is 0.154 e. The van der Waals surface area contributed by atoms with Gasteiger partial charge in [0.05, 0.1) is 22.8 Å². The molecule has 4 aromatic heterocycles. The molecular weight excluding hydrogens is 433 g/mol. The number of halogens is 1. The van der Waals surface area contributed by atoms with Crippen LogP contribution in [0.4, 0.5) is 15.9 Å². The number of fused-ring (bicyclic) bond motifs is 4. The fraction of sp³-hybridized carbons (Fsp3) is 0.333. The molecule has 1 saturated carbocycles. The third kappa shape index (κ3) is 2.88. The molecule has 5 aromatic rings. The molecule has 34 heavy (non-hydrogen) atoms. The minimum atomic E-state index is -0.298. The summed E-state index contributed by atoms with van der Waals surface area (Å²) in [5.41, 5.74) is 10.4. The van der Waals surface area contributed by atoms with Crippen LogP contribution in [0.15, 0.2) is 36.8 Å². The normalized spacial score (nSPS) is 22.0. The molecule has 1 aliphatic carbocycles. The lowest BCUT2D eigenvalue weighted by Crippen LogP contribution is -2.24. The molecule has 1 aliphatic heterocycles. The molecule has 2 aliphatic rings. The van der Waals surface area contributed by atoms with Crippen LogP contribution >= 0.6 is 0 Å². The molecule has 1 spiro atoms. The van der Waals surface area contributed by atoms with Gasteiger partial charge in [-0.2, -0.15) is 5.10 Å². The maximum Gasteiger partial charge on any atom is 0.154 e. The molecule has 1 aromatic carbocycles. The van der Waals surface area contributed by atoms with Crippen molar-refractivity contribution in [2.24, 2.45) is 11.1 Å². The summed E-state index contributed by atoms with van der Waals surface area (Å²) >= 11 is 0. The van der Waals surface area contributed by atoms with E-state index in [4.69, 9.17) is 15.7 Å². The summed E-state index contributed by atoms with van der Waals surface area (Å²) in [6.45, 7) is 1.74. The number of nitrogens with two attached hydrogens (primary N) is 1. The maximum absolute atomic E-state index is 14.5. The van der Waals surface area contributed by atoms with Crippen LogP contribution in [0.25, 0.3) is 27.6 Å². The molecule has 7 rings (SSSR count). The average Bonchev–Trinajstić information content (AvgIpc) is 3.24. The maximum atomic E-state index is 14.5. The van der Waals surface area contributed by atoms with Gasteiger partial charge in [-0.25, -0.2) is 23.9 Å². The third-order valence-corrected chi connectivity index (χ3v) is 7.42. The van der Waals surface area contributed by atoms with Crippen molar-refractivity contribution < 1.29 is 4.39 Å². The molecule has 5 heterocycles. The van der Waals surface area contributed by atoms with E-state index < -0.39 is 0 Å². The van der Waals surface area contributed by atoms with E-state index in [9.17, 15) is 4.39 Å². The van der Waals surface area contributed by atoms with E-state index >= 15 is 0 Å². The van der Waals surface area contributed by atoms with Gasteiger partial charge in [-0.15, -0.1) is 0 Å². The zero-order valence-corrected chi connectivity index (χ0v) is 18.7. The van der Waals surface area contributed by atoms with E-state index in [1.165, 1.54) is 6.07 Å². The highest BCUT2D eigenvalue weighted by atomic mass is 19.1. The second-order valence-corrected chi connectivity index (χ2v) is 9.56. The lowest BCUT2D eigenvalue weighted by atomic mass is 10.1. The topological polar surface area (TPSA) is 113 Å². The molecule has 2 atom stereocenters. The summed E-state index contributed by atoms with van der Waals surface area (Å²) < 4.78 is 16.3. The van der Waals surface area contributed by atoms with Gasteiger partial charge in [-0.05, 0) is 30.5 Å². The SMILES string of the molecule is CNc1cc(F)cc2c1[nH]c1nc(Cc3cnc4ccnn4c3)nc(N3CCC4(CC4N)C3)c12. The minimum absolute atomic E-state index is 0.181. The van der Waals surface area contributed by atoms with Gasteiger partial charge >= 0.3 is 0 Å². The van der Waals surface area contributed by atoms with Crippen molar-refractivity contribution in [3.8, 4) is 0 Å². The Bertz CT molecular complexity index is 1590. The van der Waals surface area contributed by atoms with E-state index in [0.717, 1.165) is 59.2 Å². The van der Waals surface area contributed by atoms with Crippen molar-refractivity contribution in [2.45, 2.75) is 25.3 Å². The fourth-order valence-corrected chi connectivity index (χ4v) is 5.44. The van der Waals surface area contributed by atoms with E-state index in [0.29, 0.717) is 23.6 Å². The Labute approximate surface area is 194 Å². The molecule has 10 heteroatoms. The number of aromatic nitrogens is 6. The second kappa shape index (κ2) is 6.86. The van der Waals surface area contributed by atoms with Crippen molar-refractivity contribution >= 4 is 39.1 Å². The first-order chi connectivity index (χ1) is 16.5. The van der Waals surface area contributed by atoms with Crippen LogP contribution in [0.2, 0.25) is 0 Å². The first kappa shape index (κ1) is 19.7. The van der Waals surface area contributed by atoms with Crippen LogP contribution in [0, 0.1) is 11.2 Å². The number of H-pyrrole nitrogens is 1. The first-order valence-electron chi connectivity index (χ1n) is 11.5. The van der Waals surface area contributed by atoms with Gasteiger partial charge in [-0.1, -0.05) is 0 Å². The van der Waals surface area contributed by atoms with Crippen LogP contribution < -0.4 is 16.0 Å². The monoisotopic (exact) mass is 457 g/mol. The standard InChI is InChI=1S/C24H24FN9/c1-27-16-8-14(25)7-15-20-22(32-21(15)16)30-18(6-13-10-28-19-2-4-29-34(19)11-13)31-23(20)33-5-3-24(12-33)9-17(24)26/h2,4,7-8,10-11,17,27H,3,5-6,9,12,26H2,1H3,(H,30,31,32). The van der Waals surface area contributed by atoms with Crippen molar-refractivity contribution in [3.63, 3.8) is 0 Å². The van der Waals surface area contributed by atoms with Crippen molar-refractivity contribution in [1.29, 1.82) is 0 Å². The van der Waals surface area contributed by atoms with Gasteiger partial charge in [-0.3, -0.25) is 0 Å². The average molecular weight is 458 g/mol. The minimum Gasteiger partial charge on any atom is -0.386 e. The lowest BCUT2D eigenvalue weighted by molar-refractivity contribution is 0.553. The van der Waals surface area contributed by atoms with E-state index in [1.54, 1.807) is 23.8 Å². The summed E-state index contributed by atoms with van der Waals surface area (Å²) in [6, 6.07) is 5.16. The lowest BCUT2D eigenvalue weighted by Gasteiger charge is -2.19. The Kier molecular flexibility index (Phi) is 3.97. The number of anilines is 2. The molecule has 4 N–H and O–H groups in total. The van der Waals surface area contributed by atoms with Crippen LogP contribution in [0.1, 0.15) is 24.2 Å². The number of aromatic amines is 1. The number of hydrogen-bond acceptors (Lipinski definition) is 7. The Hall–Kier alpha value is -3.79. The van der Waals surface area contributed by atoms with Gasteiger partial charge < -0.3 is 20.9 Å². The molecule has 9 nitrogen and oxygen atoms in total. The molecule has 0 amide bonds. The number of rotatable bonds is 4. The zero-order chi connectivity index (χ0) is 23.0. The van der Waals surface area contributed by atoms with Crippen molar-refractivity contribution in [1.82, 2.24) is 29.5 Å². The molecule has 172 valence electrons. The summed E-state index contributed by atoms with van der Waals surface area (Å²) in [5.74, 6) is 1.21. The fourth-order valence-electron chi connectivity index (χ4n) is 5.44. The summed E-state index contributed by atoms with van der Waals surface area (Å²) in [5, 5.41) is 9.00. The van der Waals surface area contributed by atoms with Crippen LogP contribution in [0.5, 0.6) is 0 Å². The molecule has 2 unspecified atom stereocenters. The van der Waals surface area contributed by atoms with Crippen LogP contribution in [-0.2, 0) is 6.42 Å². The highest BCUT2D eigenvalue weighted by Crippen LogP contribution is 2.53. The van der Waals surface area contributed by atoms with Crippen molar-refractivity contribution in [2.75, 3.05) is 30.4 Å². The Balaban J connectivity index is 1.40. The van der Waals surface area contributed by atoms with Crippen molar-refractivity contribution in [3.05, 3.63) is 54.0 Å². The Morgan fingerprint density at radius 3 is 3.00 bits per heavy atom. The van der Waals surface area contributed by atoms with Gasteiger partial charge in [0.2, 0.25) is 0 Å². The number of nitrogens with one attached hydrogen (secondary N) is 2. The highest BCUT2D eigenvalue weighted by molar-refractivity contribution is 6.14. The van der Waals surface area contributed by atoms with E-state index in [1.807, 2.05) is 18.5 Å². The predicted octanol–water partition coefficient (Wildman–Crippen LogP) is 2.85. The first-order valence-corrected chi connectivity index (χ1v) is 11.5. The number of hydrogen-bond donors (Lipinski definition) is 3. The Morgan fingerprint density at radius 1 is 1.32 bits per heavy atom. The van der Waals surface area contributed by atoms with Gasteiger partial charge in [0, 0.05) is 61.9 Å². The number of benzene rings is 1. The molecular formula is C24H24FN9. The molecule has 0 radical (unpaired) electrons. The second-order valence-electron chi connectivity index (χ2n) is 9.56.